The summed E-state index contributed by atoms with van der Waals surface area (Å²) in [5.41, 5.74) is 3.14. The minimum Gasteiger partial charge on any atom is -0.387 e. The van der Waals surface area contributed by atoms with Crippen LogP contribution in [0.1, 0.15) is 17.2 Å². The Morgan fingerprint density at radius 2 is 1.96 bits per heavy atom. The van der Waals surface area contributed by atoms with Gasteiger partial charge >= 0.3 is 0 Å². The standard InChI is InChI=1S/C20H20N2O2S/c1-21-12-19(16-8-4-5-9-17(16)21)25-13-20(24)22-10-14-6-2-3-7-15(14)18(23)11-22/h2-9,12,18,23H,10-11,13H2,1H3/t18-/m1/s1. The number of hydrogen-bond acceptors (Lipinski definition) is 3. The molecule has 1 aliphatic rings. The molecular weight excluding hydrogens is 332 g/mol. The van der Waals surface area contributed by atoms with Crippen LogP contribution >= 0.6 is 11.8 Å². The van der Waals surface area contributed by atoms with Crippen molar-refractivity contribution < 1.29 is 9.90 Å². The van der Waals surface area contributed by atoms with Gasteiger partial charge in [-0.05, 0) is 17.2 Å². The molecule has 0 saturated heterocycles. The third kappa shape index (κ3) is 3.05. The molecule has 1 amide bonds. The summed E-state index contributed by atoms with van der Waals surface area (Å²) >= 11 is 1.56. The second-order valence-corrected chi connectivity index (χ2v) is 7.42. The van der Waals surface area contributed by atoms with E-state index in [4.69, 9.17) is 0 Å². The average molecular weight is 352 g/mol. The van der Waals surface area contributed by atoms with Crippen LogP contribution < -0.4 is 0 Å². The summed E-state index contributed by atoms with van der Waals surface area (Å²) < 4.78 is 2.09. The van der Waals surface area contributed by atoms with Crippen molar-refractivity contribution in [2.45, 2.75) is 17.5 Å². The van der Waals surface area contributed by atoms with E-state index in [1.54, 1.807) is 16.7 Å². The number of β-amino-alcohol motifs (C(OH)–C–C–N with tert-alkyl or cyclic N) is 1. The van der Waals surface area contributed by atoms with E-state index in [9.17, 15) is 9.90 Å². The van der Waals surface area contributed by atoms with Crippen molar-refractivity contribution in [3.05, 3.63) is 65.9 Å². The molecule has 0 radical (unpaired) electrons. The smallest absolute Gasteiger partial charge is 0.233 e. The van der Waals surface area contributed by atoms with Crippen molar-refractivity contribution >= 4 is 28.6 Å². The normalized spacial score (nSPS) is 16.9. The second-order valence-electron chi connectivity index (χ2n) is 6.40. The van der Waals surface area contributed by atoms with E-state index >= 15 is 0 Å². The van der Waals surface area contributed by atoms with Gasteiger partial charge in [-0.3, -0.25) is 4.79 Å². The Kier molecular flexibility index (Phi) is 4.27. The van der Waals surface area contributed by atoms with E-state index in [0.29, 0.717) is 18.8 Å². The van der Waals surface area contributed by atoms with Crippen LogP contribution in [0.15, 0.2) is 59.6 Å². The summed E-state index contributed by atoms with van der Waals surface area (Å²) in [7, 11) is 2.02. The second kappa shape index (κ2) is 6.58. The average Bonchev–Trinajstić information content (AvgIpc) is 2.96. The number of fused-ring (bicyclic) bond motifs is 2. The lowest BCUT2D eigenvalue weighted by molar-refractivity contribution is -0.131. The number of carbonyl (C=O) groups excluding carboxylic acids is 1. The van der Waals surface area contributed by atoms with Crippen LogP contribution in [0.5, 0.6) is 0 Å². The number of aromatic nitrogens is 1. The number of para-hydroxylation sites is 1. The Labute approximate surface area is 151 Å². The zero-order chi connectivity index (χ0) is 17.4. The number of aliphatic hydroxyl groups is 1. The number of aryl methyl sites for hydroxylation is 1. The molecule has 0 fully saturated rings. The molecule has 0 saturated carbocycles. The van der Waals surface area contributed by atoms with E-state index in [0.717, 1.165) is 16.0 Å². The van der Waals surface area contributed by atoms with Crippen molar-refractivity contribution in [1.29, 1.82) is 0 Å². The van der Waals surface area contributed by atoms with Gasteiger partial charge in [-0.15, -0.1) is 11.8 Å². The summed E-state index contributed by atoms with van der Waals surface area (Å²) in [5.74, 6) is 0.439. The third-order valence-corrected chi connectivity index (χ3v) is 5.76. The molecule has 0 spiro atoms. The first kappa shape index (κ1) is 16.2. The maximum absolute atomic E-state index is 12.7. The molecule has 0 bridgehead atoms. The Morgan fingerprint density at radius 3 is 2.84 bits per heavy atom. The molecule has 0 aliphatic carbocycles. The highest BCUT2D eigenvalue weighted by Crippen LogP contribution is 2.31. The van der Waals surface area contributed by atoms with E-state index in [-0.39, 0.29) is 5.91 Å². The van der Waals surface area contributed by atoms with E-state index in [1.807, 2.05) is 43.4 Å². The predicted octanol–water partition coefficient (Wildman–Crippen LogP) is 3.35. The fourth-order valence-corrected chi connectivity index (χ4v) is 4.44. The number of amides is 1. The Bertz CT molecular complexity index is 934. The molecule has 0 unspecified atom stereocenters. The Hall–Kier alpha value is -2.24. The maximum atomic E-state index is 12.7. The zero-order valence-electron chi connectivity index (χ0n) is 14.1. The lowest BCUT2D eigenvalue weighted by atomic mass is 9.97. The van der Waals surface area contributed by atoms with E-state index < -0.39 is 6.10 Å². The van der Waals surface area contributed by atoms with Crippen LogP contribution in [0.4, 0.5) is 0 Å². The molecule has 1 aliphatic heterocycles. The quantitative estimate of drug-likeness (QED) is 0.736. The van der Waals surface area contributed by atoms with Crippen LogP contribution in [0.25, 0.3) is 10.9 Å². The topological polar surface area (TPSA) is 45.5 Å². The first-order valence-corrected chi connectivity index (χ1v) is 9.32. The van der Waals surface area contributed by atoms with Crippen molar-refractivity contribution in [3.8, 4) is 0 Å². The number of benzene rings is 2. The van der Waals surface area contributed by atoms with Crippen molar-refractivity contribution in [2.24, 2.45) is 7.05 Å². The summed E-state index contributed by atoms with van der Waals surface area (Å²) in [6.45, 7) is 0.939. The zero-order valence-corrected chi connectivity index (χ0v) is 14.9. The highest BCUT2D eigenvalue weighted by molar-refractivity contribution is 8.00. The molecule has 5 heteroatoms. The molecule has 1 N–H and O–H groups in total. The fraction of sp³-hybridized carbons (Fsp3) is 0.250. The minimum atomic E-state index is -0.601. The summed E-state index contributed by atoms with van der Waals surface area (Å²) in [6, 6.07) is 16.0. The van der Waals surface area contributed by atoms with Crippen molar-refractivity contribution in [1.82, 2.24) is 9.47 Å². The minimum absolute atomic E-state index is 0.0616. The van der Waals surface area contributed by atoms with Crippen LogP contribution in [0, 0.1) is 0 Å². The summed E-state index contributed by atoms with van der Waals surface area (Å²) in [6.07, 6.45) is 1.47. The number of aliphatic hydroxyl groups excluding tert-OH is 1. The van der Waals surface area contributed by atoms with Gasteiger partial charge in [0.2, 0.25) is 5.91 Å². The monoisotopic (exact) mass is 352 g/mol. The molecule has 1 atom stereocenters. The fourth-order valence-electron chi connectivity index (χ4n) is 3.42. The first-order valence-electron chi connectivity index (χ1n) is 8.34. The van der Waals surface area contributed by atoms with Crippen LogP contribution in [-0.4, -0.2) is 32.8 Å². The molecule has 1 aromatic heterocycles. The molecule has 4 rings (SSSR count). The molecule has 3 aromatic rings. The first-order chi connectivity index (χ1) is 12.1. The molecule has 4 nitrogen and oxygen atoms in total. The SMILES string of the molecule is Cn1cc(SCC(=O)N2Cc3ccccc3[C@H](O)C2)c2ccccc21. The maximum Gasteiger partial charge on any atom is 0.233 e. The molecule has 2 aromatic carbocycles. The van der Waals surface area contributed by atoms with Crippen molar-refractivity contribution in [2.75, 3.05) is 12.3 Å². The number of nitrogens with zero attached hydrogens (tertiary/aromatic N) is 2. The summed E-state index contributed by atoms with van der Waals surface area (Å²) in [5, 5.41) is 11.5. The predicted molar refractivity (Wildman–Crippen MR) is 100 cm³/mol. The lowest BCUT2D eigenvalue weighted by Gasteiger charge is -2.32. The third-order valence-electron chi connectivity index (χ3n) is 4.73. The van der Waals surface area contributed by atoms with Gasteiger partial charge in [-0.2, -0.15) is 0 Å². The van der Waals surface area contributed by atoms with Gasteiger partial charge in [-0.25, -0.2) is 0 Å². The van der Waals surface area contributed by atoms with Gasteiger partial charge in [0.05, 0.1) is 18.4 Å². The number of carbonyl (C=O) groups is 1. The number of hydrogen-bond donors (Lipinski definition) is 1. The largest absolute Gasteiger partial charge is 0.387 e. The molecule has 128 valence electrons. The van der Waals surface area contributed by atoms with Gasteiger partial charge in [0.1, 0.15) is 0 Å². The van der Waals surface area contributed by atoms with Gasteiger partial charge in [0.25, 0.3) is 0 Å². The van der Waals surface area contributed by atoms with Crippen LogP contribution in [0.2, 0.25) is 0 Å². The highest BCUT2D eigenvalue weighted by atomic mass is 32.2. The van der Waals surface area contributed by atoms with Crippen molar-refractivity contribution in [3.63, 3.8) is 0 Å². The van der Waals surface area contributed by atoms with Gasteiger partial charge < -0.3 is 14.6 Å². The molecule has 2 heterocycles. The van der Waals surface area contributed by atoms with Gasteiger partial charge in [0, 0.05) is 35.6 Å². The lowest BCUT2D eigenvalue weighted by Crippen LogP contribution is -2.39. The van der Waals surface area contributed by atoms with Crippen LogP contribution in [0.3, 0.4) is 0 Å². The Morgan fingerprint density at radius 1 is 1.20 bits per heavy atom. The summed E-state index contributed by atoms with van der Waals surface area (Å²) in [4.78, 5) is 15.5. The Balaban J connectivity index is 1.48. The van der Waals surface area contributed by atoms with E-state index in [2.05, 4.69) is 22.9 Å². The molecule has 25 heavy (non-hydrogen) atoms. The van der Waals surface area contributed by atoms with Gasteiger partial charge in [0.15, 0.2) is 0 Å². The number of rotatable bonds is 3. The van der Waals surface area contributed by atoms with Crippen LogP contribution in [-0.2, 0) is 18.4 Å². The highest BCUT2D eigenvalue weighted by Gasteiger charge is 2.26. The number of thioether (sulfide) groups is 1. The molecular formula is C20H20N2O2S. The van der Waals surface area contributed by atoms with Gasteiger partial charge in [-0.1, -0.05) is 42.5 Å². The van der Waals surface area contributed by atoms with E-state index in [1.165, 1.54) is 10.9 Å².